The first-order valence-electron chi connectivity index (χ1n) is 5.39. The van der Waals surface area contributed by atoms with Gasteiger partial charge in [0.2, 0.25) is 5.95 Å². The Hall–Kier alpha value is -1.89. The van der Waals surface area contributed by atoms with Crippen molar-refractivity contribution >= 4 is 17.9 Å². The summed E-state index contributed by atoms with van der Waals surface area (Å²) in [6.45, 7) is 1.95. The molecule has 1 aromatic heterocycles. The maximum atomic E-state index is 11.7. The second-order valence-corrected chi connectivity index (χ2v) is 3.98. The lowest BCUT2D eigenvalue weighted by Crippen LogP contribution is -2.53. The molecule has 1 aliphatic rings. The molecule has 0 radical (unpaired) electrons. The molecule has 1 saturated heterocycles. The van der Waals surface area contributed by atoms with Crippen molar-refractivity contribution in [2.24, 2.45) is 7.05 Å². The second kappa shape index (κ2) is 4.54. The minimum atomic E-state index is -0.300. The Morgan fingerprint density at radius 1 is 1.65 bits per heavy atom. The topological polar surface area (TPSA) is 93.2 Å². The van der Waals surface area contributed by atoms with Crippen LogP contribution < -0.4 is 21.5 Å². The van der Waals surface area contributed by atoms with Gasteiger partial charge in [-0.3, -0.25) is 9.36 Å². The van der Waals surface area contributed by atoms with Gasteiger partial charge >= 0.3 is 0 Å². The lowest BCUT2D eigenvalue weighted by atomic mass is 10.2. The van der Waals surface area contributed by atoms with Gasteiger partial charge in [-0.2, -0.15) is 0 Å². The van der Waals surface area contributed by atoms with E-state index in [2.05, 4.69) is 10.3 Å². The van der Waals surface area contributed by atoms with E-state index in [0.717, 1.165) is 12.8 Å². The summed E-state index contributed by atoms with van der Waals surface area (Å²) in [5.74, 6) is 0.475. The zero-order valence-electron chi connectivity index (χ0n) is 9.59. The Labute approximate surface area is 98.2 Å². The molecule has 1 fully saturated rings. The van der Waals surface area contributed by atoms with Gasteiger partial charge in [0.15, 0.2) is 0 Å². The molecule has 2 rings (SSSR count). The Morgan fingerprint density at radius 2 is 2.41 bits per heavy atom. The average Bonchev–Trinajstić information content (AvgIpc) is 2.36. The fraction of sp³-hybridized carbons (Fsp3) is 0.500. The smallest absolute Gasteiger partial charge is 0.277 e. The number of aldehydes is 1. The van der Waals surface area contributed by atoms with E-state index in [1.54, 1.807) is 7.05 Å². The molecule has 3 N–H and O–H groups in total. The number of nitrogens with zero attached hydrogens (tertiary/aromatic N) is 3. The highest BCUT2D eigenvalue weighted by Gasteiger charge is 2.24. The van der Waals surface area contributed by atoms with Gasteiger partial charge in [-0.25, -0.2) is 4.98 Å². The summed E-state index contributed by atoms with van der Waals surface area (Å²) in [5.41, 5.74) is 5.30. The number of rotatable bonds is 2. The van der Waals surface area contributed by atoms with Gasteiger partial charge in [0, 0.05) is 26.7 Å². The molecular formula is C10H15N5O2. The summed E-state index contributed by atoms with van der Waals surface area (Å²) in [7, 11) is 1.60. The molecule has 0 saturated carbocycles. The number of carbonyl (C=O) groups is 1. The molecule has 0 spiro atoms. The summed E-state index contributed by atoms with van der Waals surface area (Å²) in [6.07, 6.45) is 2.19. The van der Waals surface area contributed by atoms with Crippen molar-refractivity contribution in [1.82, 2.24) is 14.9 Å². The molecule has 1 aliphatic heterocycles. The predicted molar refractivity (Wildman–Crippen MR) is 64.0 cm³/mol. The van der Waals surface area contributed by atoms with E-state index in [9.17, 15) is 9.59 Å². The fourth-order valence-electron chi connectivity index (χ4n) is 1.92. The van der Waals surface area contributed by atoms with Gasteiger partial charge in [0.1, 0.15) is 12.0 Å². The fourth-order valence-corrected chi connectivity index (χ4v) is 1.92. The molecule has 0 bridgehead atoms. The highest BCUT2D eigenvalue weighted by Crippen LogP contribution is 2.12. The lowest BCUT2D eigenvalue weighted by Gasteiger charge is -2.34. The Balaban J connectivity index is 2.42. The van der Waals surface area contributed by atoms with E-state index in [4.69, 9.17) is 5.73 Å². The number of hydrogen-bond acceptors (Lipinski definition) is 6. The van der Waals surface area contributed by atoms with Crippen molar-refractivity contribution in [2.45, 2.75) is 6.04 Å². The van der Waals surface area contributed by atoms with Crippen molar-refractivity contribution in [3.8, 4) is 0 Å². The van der Waals surface area contributed by atoms with Crippen molar-refractivity contribution in [2.75, 3.05) is 30.3 Å². The average molecular weight is 237 g/mol. The first-order chi connectivity index (χ1) is 8.15. The highest BCUT2D eigenvalue weighted by atomic mass is 16.1. The lowest BCUT2D eigenvalue weighted by molar-refractivity contribution is -0.109. The van der Waals surface area contributed by atoms with Crippen LogP contribution in [0.25, 0.3) is 0 Å². The molecule has 7 nitrogen and oxygen atoms in total. The molecule has 0 aliphatic carbocycles. The zero-order valence-corrected chi connectivity index (χ0v) is 9.59. The van der Waals surface area contributed by atoms with Crippen molar-refractivity contribution in [3.63, 3.8) is 0 Å². The van der Waals surface area contributed by atoms with Crippen LogP contribution in [0.4, 0.5) is 11.6 Å². The first-order valence-corrected chi connectivity index (χ1v) is 5.39. The van der Waals surface area contributed by atoms with E-state index in [0.29, 0.717) is 19.0 Å². The minimum absolute atomic E-state index is 0.106. The highest BCUT2D eigenvalue weighted by molar-refractivity contribution is 5.65. The van der Waals surface area contributed by atoms with Crippen LogP contribution >= 0.6 is 0 Å². The number of carbonyl (C=O) groups excluding carboxylic acids is 1. The number of nitrogen functional groups attached to an aromatic ring is 1. The van der Waals surface area contributed by atoms with Gasteiger partial charge in [-0.15, -0.1) is 0 Å². The van der Waals surface area contributed by atoms with E-state index in [1.165, 1.54) is 10.8 Å². The molecular weight excluding hydrogens is 222 g/mol. The summed E-state index contributed by atoms with van der Waals surface area (Å²) in [4.78, 5) is 28.6. The first kappa shape index (κ1) is 11.6. The Kier molecular flexibility index (Phi) is 3.10. The second-order valence-electron chi connectivity index (χ2n) is 3.98. The van der Waals surface area contributed by atoms with Gasteiger partial charge in [0.05, 0.1) is 12.2 Å². The number of nitrogens with two attached hydrogens (primary N) is 1. The van der Waals surface area contributed by atoms with Crippen molar-refractivity contribution < 1.29 is 4.79 Å². The molecule has 7 heteroatoms. The van der Waals surface area contributed by atoms with Crippen LogP contribution in [-0.2, 0) is 11.8 Å². The van der Waals surface area contributed by atoms with Gasteiger partial charge < -0.3 is 20.7 Å². The largest absolute Gasteiger partial charge is 0.393 e. The number of aromatic nitrogens is 2. The van der Waals surface area contributed by atoms with Crippen LogP contribution in [0.5, 0.6) is 0 Å². The molecule has 92 valence electrons. The molecule has 1 atom stereocenters. The van der Waals surface area contributed by atoms with E-state index in [-0.39, 0.29) is 17.3 Å². The zero-order chi connectivity index (χ0) is 12.4. The van der Waals surface area contributed by atoms with Crippen molar-refractivity contribution in [1.29, 1.82) is 0 Å². The normalized spacial score (nSPS) is 20.3. The third kappa shape index (κ3) is 2.01. The minimum Gasteiger partial charge on any atom is -0.393 e. The standard InChI is InChI=1S/C10H15N5O2/c1-14-9(17)8(11)5-13-10(14)15-3-2-12-4-7(15)6-16/h5-7,12H,2-4,11H2,1H3. The summed E-state index contributed by atoms with van der Waals surface area (Å²) in [6, 6.07) is -0.300. The van der Waals surface area contributed by atoms with Crippen LogP contribution in [-0.4, -0.2) is 41.5 Å². The number of piperazine rings is 1. The predicted octanol–water partition coefficient (Wildman–Crippen LogP) is -1.66. The maximum Gasteiger partial charge on any atom is 0.277 e. The van der Waals surface area contributed by atoms with E-state index < -0.39 is 0 Å². The number of hydrogen-bond donors (Lipinski definition) is 2. The van der Waals surface area contributed by atoms with Gasteiger partial charge in [-0.1, -0.05) is 0 Å². The maximum absolute atomic E-state index is 11.7. The Morgan fingerprint density at radius 3 is 3.12 bits per heavy atom. The molecule has 17 heavy (non-hydrogen) atoms. The monoisotopic (exact) mass is 237 g/mol. The van der Waals surface area contributed by atoms with Gasteiger partial charge in [0.25, 0.3) is 5.56 Å². The summed E-state index contributed by atoms with van der Waals surface area (Å²) >= 11 is 0. The van der Waals surface area contributed by atoms with Crippen LogP contribution in [0.2, 0.25) is 0 Å². The van der Waals surface area contributed by atoms with Crippen LogP contribution in [0, 0.1) is 0 Å². The Bertz CT molecular complexity index is 484. The molecule has 2 heterocycles. The third-order valence-electron chi connectivity index (χ3n) is 2.87. The summed E-state index contributed by atoms with van der Waals surface area (Å²) < 4.78 is 1.37. The quantitative estimate of drug-likeness (QED) is 0.598. The molecule has 1 aromatic rings. The summed E-state index contributed by atoms with van der Waals surface area (Å²) in [5, 5.41) is 3.12. The SMILES string of the molecule is Cn1c(N2CCNCC2C=O)ncc(N)c1=O. The molecule has 0 aromatic carbocycles. The van der Waals surface area contributed by atoms with Gasteiger partial charge in [-0.05, 0) is 0 Å². The van der Waals surface area contributed by atoms with Crippen LogP contribution in [0.15, 0.2) is 11.0 Å². The number of nitrogens with one attached hydrogen (secondary N) is 1. The van der Waals surface area contributed by atoms with Crippen molar-refractivity contribution in [3.05, 3.63) is 16.6 Å². The third-order valence-corrected chi connectivity index (χ3v) is 2.87. The van der Waals surface area contributed by atoms with E-state index >= 15 is 0 Å². The molecule has 1 unspecified atom stereocenters. The van der Waals surface area contributed by atoms with Crippen LogP contribution in [0.1, 0.15) is 0 Å². The molecule has 0 amide bonds. The van der Waals surface area contributed by atoms with Crippen LogP contribution in [0.3, 0.4) is 0 Å². The number of anilines is 2. The van der Waals surface area contributed by atoms with E-state index in [1.807, 2.05) is 4.90 Å².